The number of halogens is 1. The Bertz CT molecular complexity index is 1420. The van der Waals surface area contributed by atoms with Gasteiger partial charge in [-0.3, -0.25) is 14.5 Å². The number of fused-ring (bicyclic) bond motifs is 2. The summed E-state index contributed by atoms with van der Waals surface area (Å²) in [5, 5.41) is 1.47. The first-order valence-corrected chi connectivity index (χ1v) is 13.1. The van der Waals surface area contributed by atoms with E-state index in [1.165, 1.54) is 17.1 Å². The van der Waals surface area contributed by atoms with Crippen molar-refractivity contribution in [2.45, 2.75) is 25.0 Å². The number of nitrogens with zero attached hydrogens (tertiary/aromatic N) is 4. The monoisotopic (exact) mass is 518 g/mol. The predicted octanol–water partition coefficient (Wildman–Crippen LogP) is 3.59. The maximum absolute atomic E-state index is 13.4. The van der Waals surface area contributed by atoms with E-state index in [-0.39, 0.29) is 17.9 Å². The summed E-state index contributed by atoms with van der Waals surface area (Å²) in [7, 11) is 4.12. The number of hydrogen-bond donors (Lipinski definition) is 2. The van der Waals surface area contributed by atoms with E-state index in [1.807, 2.05) is 48.1 Å². The number of carbonyl (C=O) groups excluding carboxylic acids is 2. The Balaban J connectivity index is 1.62. The number of hydrazine groups is 1. The number of nitrogens with one attached hydrogen (secondary N) is 2. The molecule has 0 bridgehead atoms. The number of aryl methyl sites for hydroxylation is 1. The highest BCUT2D eigenvalue weighted by atomic mass is 35.5. The number of benzene rings is 2. The summed E-state index contributed by atoms with van der Waals surface area (Å²) in [5.41, 5.74) is 10.1. The van der Waals surface area contributed by atoms with Crippen molar-refractivity contribution < 1.29 is 9.59 Å². The molecule has 3 aliphatic rings. The van der Waals surface area contributed by atoms with Crippen molar-refractivity contribution >= 4 is 40.0 Å². The Morgan fingerprint density at radius 2 is 1.76 bits per heavy atom. The first kappa shape index (κ1) is 24.2. The number of carbonyl (C=O) groups is 2. The molecule has 8 nitrogen and oxygen atoms in total. The maximum Gasteiger partial charge on any atom is 0.255 e. The minimum atomic E-state index is -1.26. The molecule has 2 aromatic carbocycles. The molecule has 1 fully saturated rings. The van der Waals surface area contributed by atoms with Crippen molar-refractivity contribution in [3.05, 3.63) is 76.5 Å². The van der Waals surface area contributed by atoms with Crippen LogP contribution in [0.5, 0.6) is 0 Å². The van der Waals surface area contributed by atoms with E-state index >= 15 is 0 Å². The Labute approximate surface area is 221 Å². The van der Waals surface area contributed by atoms with Crippen LogP contribution in [0.1, 0.15) is 36.1 Å². The third-order valence-electron chi connectivity index (χ3n) is 8.05. The highest BCUT2D eigenvalue weighted by Gasteiger charge is 2.54. The Morgan fingerprint density at radius 3 is 2.46 bits per heavy atom. The van der Waals surface area contributed by atoms with Crippen LogP contribution >= 0.6 is 11.6 Å². The van der Waals surface area contributed by atoms with Gasteiger partial charge < -0.3 is 14.9 Å². The van der Waals surface area contributed by atoms with Gasteiger partial charge >= 0.3 is 0 Å². The van der Waals surface area contributed by atoms with Crippen molar-refractivity contribution in [2.24, 2.45) is 7.05 Å². The summed E-state index contributed by atoms with van der Waals surface area (Å²) in [6, 6.07) is 12.1. The molecule has 2 amide bonds. The summed E-state index contributed by atoms with van der Waals surface area (Å²) >= 11 is 6.47. The fourth-order valence-electron chi connectivity index (χ4n) is 6.26. The van der Waals surface area contributed by atoms with Crippen molar-refractivity contribution in [3.8, 4) is 0 Å². The van der Waals surface area contributed by atoms with Gasteiger partial charge in [-0.15, -0.1) is 0 Å². The zero-order valence-electron chi connectivity index (χ0n) is 21.3. The molecule has 2 unspecified atom stereocenters. The summed E-state index contributed by atoms with van der Waals surface area (Å²) in [5.74, 6) is -0.706. The van der Waals surface area contributed by atoms with Gasteiger partial charge in [0.05, 0.1) is 5.69 Å². The lowest BCUT2D eigenvalue weighted by Gasteiger charge is -2.42. The summed E-state index contributed by atoms with van der Waals surface area (Å²) in [4.78, 5) is 32.9. The van der Waals surface area contributed by atoms with E-state index in [2.05, 4.69) is 40.7 Å². The summed E-state index contributed by atoms with van der Waals surface area (Å²) < 4.78 is 2.02. The van der Waals surface area contributed by atoms with Crippen molar-refractivity contribution in [3.63, 3.8) is 0 Å². The molecule has 1 saturated heterocycles. The number of anilines is 1. The quantitative estimate of drug-likeness (QED) is 0.503. The Morgan fingerprint density at radius 1 is 1.03 bits per heavy atom. The molecule has 3 aliphatic heterocycles. The van der Waals surface area contributed by atoms with E-state index < -0.39 is 5.66 Å². The molecule has 0 spiro atoms. The predicted molar refractivity (Wildman–Crippen MR) is 145 cm³/mol. The largest absolute Gasteiger partial charge is 0.350 e. The molecule has 192 valence electrons. The van der Waals surface area contributed by atoms with Gasteiger partial charge in [-0.05, 0) is 43.3 Å². The third kappa shape index (κ3) is 3.62. The van der Waals surface area contributed by atoms with Gasteiger partial charge in [0, 0.05) is 84.7 Å². The van der Waals surface area contributed by atoms with E-state index in [1.54, 1.807) is 0 Å². The second-order valence-corrected chi connectivity index (χ2v) is 10.6. The maximum atomic E-state index is 13.4. The van der Waals surface area contributed by atoms with Crippen LogP contribution in [0, 0.1) is 0 Å². The normalized spacial score (nSPS) is 23.2. The highest BCUT2D eigenvalue weighted by molar-refractivity contribution is 6.31. The van der Waals surface area contributed by atoms with Gasteiger partial charge in [0.25, 0.3) is 11.8 Å². The first-order valence-electron chi connectivity index (χ1n) is 12.8. The molecule has 1 aromatic heterocycles. The number of likely N-dealkylation sites (N-methyl/N-ethyl adjacent to an activating group) is 1. The molecule has 6 rings (SSSR count). The Kier molecular flexibility index (Phi) is 5.88. The Hall–Kier alpha value is -3.17. The van der Waals surface area contributed by atoms with Crippen LogP contribution in [0.15, 0.2) is 54.7 Å². The average molecular weight is 519 g/mol. The molecule has 0 aliphatic carbocycles. The van der Waals surface area contributed by atoms with Gasteiger partial charge in [-0.25, -0.2) is 10.3 Å². The first-order chi connectivity index (χ1) is 17.8. The van der Waals surface area contributed by atoms with Crippen LogP contribution in [0.4, 0.5) is 5.69 Å². The van der Waals surface area contributed by atoms with Crippen LogP contribution in [-0.2, 0) is 22.3 Å². The minimum Gasteiger partial charge on any atom is -0.350 e. The molecule has 3 aromatic rings. The second-order valence-electron chi connectivity index (χ2n) is 10.2. The standard InChI is InChI=1S/C28H31ClN6O2/c1-4-23(34-14-12-32(2)13-15-34)19-6-5-7-22-27(19)28(31-30-22,35-25(36)10-11-26(35)37)21-17-33(3)24-9-8-18(29)16-20(21)24/h5-11,16-17,23,30-31H,4,12-15H2,1-3H3. The van der Waals surface area contributed by atoms with Crippen LogP contribution in [0.3, 0.4) is 0 Å². The fraction of sp³-hybridized carbons (Fsp3) is 0.357. The molecule has 2 atom stereocenters. The van der Waals surface area contributed by atoms with Crippen LogP contribution < -0.4 is 10.9 Å². The number of imide groups is 1. The van der Waals surface area contributed by atoms with Crippen molar-refractivity contribution in [2.75, 3.05) is 38.7 Å². The van der Waals surface area contributed by atoms with Gasteiger partial charge in [-0.2, -0.15) is 0 Å². The number of hydrogen-bond acceptors (Lipinski definition) is 6. The van der Waals surface area contributed by atoms with Gasteiger partial charge in [-0.1, -0.05) is 30.7 Å². The second kappa shape index (κ2) is 8.99. The third-order valence-corrected chi connectivity index (χ3v) is 8.28. The fourth-order valence-corrected chi connectivity index (χ4v) is 6.43. The lowest BCUT2D eigenvalue weighted by atomic mass is 9.83. The zero-order valence-corrected chi connectivity index (χ0v) is 22.0. The van der Waals surface area contributed by atoms with Crippen molar-refractivity contribution in [1.29, 1.82) is 0 Å². The summed E-state index contributed by atoms with van der Waals surface area (Å²) in [6.07, 6.45) is 5.60. The van der Waals surface area contributed by atoms with E-state index in [4.69, 9.17) is 11.6 Å². The topological polar surface area (TPSA) is 72.8 Å². The van der Waals surface area contributed by atoms with Crippen LogP contribution in [0.2, 0.25) is 5.02 Å². The number of aromatic nitrogens is 1. The lowest BCUT2D eigenvalue weighted by Crippen LogP contribution is -2.58. The smallest absolute Gasteiger partial charge is 0.255 e. The molecular formula is C28H31ClN6O2. The molecule has 37 heavy (non-hydrogen) atoms. The highest BCUT2D eigenvalue weighted by Crippen LogP contribution is 2.49. The molecule has 0 saturated carbocycles. The molecule has 2 N–H and O–H groups in total. The van der Waals surface area contributed by atoms with E-state index in [9.17, 15) is 9.59 Å². The number of rotatable bonds is 5. The minimum absolute atomic E-state index is 0.129. The van der Waals surface area contributed by atoms with Crippen LogP contribution in [0.25, 0.3) is 10.9 Å². The molecule has 9 heteroatoms. The van der Waals surface area contributed by atoms with Gasteiger partial charge in [0.1, 0.15) is 0 Å². The SMILES string of the molecule is CCC(c1cccc2c1C(c1cn(C)c3ccc(Cl)cc13)(N1C(=O)C=CC1=O)NN2)N1CCN(C)CC1. The van der Waals surface area contributed by atoms with Crippen molar-refractivity contribution in [1.82, 2.24) is 24.7 Å². The molecule has 4 heterocycles. The molecule has 0 radical (unpaired) electrons. The average Bonchev–Trinajstić information content (AvgIpc) is 3.54. The van der Waals surface area contributed by atoms with E-state index in [0.29, 0.717) is 5.02 Å². The summed E-state index contributed by atoms with van der Waals surface area (Å²) in [6.45, 7) is 6.12. The molecular weight excluding hydrogens is 488 g/mol. The van der Waals surface area contributed by atoms with Crippen LogP contribution in [-0.4, -0.2) is 64.3 Å². The lowest BCUT2D eigenvalue weighted by molar-refractivity contribution is -0.143. The van der Waals surface area contributed by atoms with Gasteiger partial charge in [0.15, 0.2) is 5.66 Å². The zero-order chi connectivity index (χ0) is 25.9. The van der Waals surface area contributed by atoms with Gasteiger partial charge in [0.2, 0.25) is 0 Å². The number of amides is 2. The number of piperazine rings is 1. The van der Waals surface area contributed by atoms with E-state index in [0.717, 1.165) is 65.9 Å².